The minimum atomic E-state index is -1.91. The molecule has 0 aromatic heterocycles. The Morgan fingerprint density at radius 2 is 1.90 bits per heavy atom. The third-order valence-corrected chi connectivity index (χ3v) is 4.40. The van der Waals surface area contributed by atoms with E-state index in [1.165, 1.54) is 43.5 Å². The largest absolute Gasteiger partial charge is 0.478 e. The van der Waals surface area contributed by atoms with E-state index in [1.807, 2.05) is 0 Å². The second kappa shape index (κ2) is 8.09. The van der Waals surface area contributed by atoms with Crippen LogP contribution in [0, 0.1) is 5.82 Å². The van der Waals surface area contributed by atoms with Crippen molar-refractivity contribution in [2.75, 3.05) is 12.4 Å². The van der Waals surface area contributed by atoms with E-state index in [1.54, 1.807) is 12.1 Å². The van der Waals surface area contributed by atoms with Crippen LogP contribution in [0.5, 0.6) is 0 Å². The highest BCUT2D eigenvalue weighted by atomic mass is 19.1. The SMILES string of the molecule is COC(=O)c1ccccc1NC(=O)C[C@@]1(C(=O)O)CC(c2ccc(F)cc2)=NO1. The lowest BCUT2D eigenvalue weighted by Gasteiger charge is -2.21. The van der Waals surface area contributed by atoms with Crippen LogP contribution in [-0.4, -0.2) is 41.4 Å². The zero-order valence-corrected chi connectivity index (χ0v) is 15.3. The summed E-state index contributed by atoms with van der Waals surface area (Å²) in [5.41, 5.74) is -0.819. The molecule has 0 unspecified atom stereocenters. The number of carboxylic acids is 1. The van der Waals surface area contributed by atoms with Gasteiger partial charge in [0, 0.05) is 6.42 Å². The standard InChI is InChI=1S/C20H17FN2O6/c1-28-18(25)14-4-2-3-5-15(14)22-17(24)11-20(19(26)27)10-16(23-29-20)12-6-8-13(21)9-7-12/h2-9H,10-11H2,1H3,(H,22,24)(H,26,27)/t20-/m1/s1. The second-order valence-corrected chi connectivity index (χ2v) is 6.37. The van der Waals surface area contributed by atoms with E-state index in [-0.39, 0.29) is 23.4 Å². The van der Waals surface area contributed by atoms with Gasteiger partial charge in [0.1, 0.15) is 5.82 Å². The first-order valence-electron chi connectivity index (χ1n) is 8.56. The monoisotopic (exact) mass is 400 g/mol. The van der Waals surface area contributed by atoms with Gasteiger partial charge < -0.3 is 20.0 Å². The molecule has 1 amide bonds. The number of ether oxygens (including phenoxy) is 1. The predicted octanol–water partition coefficient (Wildman–Crippen LogP) is 2.59. The molecular formula is C20H17FN2O6. The maximum absolute atomic E-state index is 13.1. The number of hydrogen-bond donors (Lipinski definition) is 2. The van der Waals surface area contributed by atoms with Gasteiger partial charge >= 0.3 is 11.9 Å². The quantitative estimate of drug-likeness (QED) is 0.721. The number of para-hydroxylation sites is 1. The fraction of sp³-hybridized carbons (Fsp3) is 0.200. The Bertz CT molecular complexity index is 989. The van der Waals surface area contributed by atoms with Crippen molar-refractivity contribution < 1.29 is 33.5 Å². The van der Waals surface area contributed by atoms with Gasteiger partial charge in [0.2, 0.25) is 11.5 Å². The normalized spacial score (nSPS) is 17.8. The number of carboxylic acid groups (broad SMARTS) is 1. The van der Waals surface area contributed by atoms with Gasteiger partial charge in [-0.1, -0.05) is 29.4 Å². The van der Waals surface area contributed by atoms with Gasteiger partial charge in [0.25, 0.3) is 0 Å². The van der Waals surface area contributed by atoms with E-state index in [2.05, 4.69) is 15.2 Å². The minimum absolute atomic E-state index is 0.128. The number of amides is 1. The highest BCUT2D eigenvalue weighted by molar-refractivity contribution is 6.07. The topological polar surface area (TPSA) is 114 Å². The number of aliphatic carboxylic acids is 1. The molecule has 2 aromatic rings. The van der Waals surface area contributed by atoms with Gasteiger partial charge in [-0.2, -0.15) is 0 Å². The summed E-state index contributed by atoms with van der Waals surface area (Å²) in [5.74, 6) is -3.14. The summed E-state index contributed by atoms with van der Waals surface area (Å²) < 4.78 is 17.8. The Morgan fingerprint density at radius 3 is 2.55 bits per heavy atom. The number of rotatable bonds is 6. The smallest absolute Gasteiger partial charge is 0.351 e. The lowest BCUT2D eigenvalue weighted by molar-refractivity contribution is -0.165. The first kappa shape index (κ1) is 20.0. The number of hydrogen-bond acceptors (Lipinski definition) is 6. The van der Waals surface area contributed by atoms with Gasteiger partial charge in [-0.3, -0.25) is 4.79 Å². The van der Waals surface area contributed by atoms with Gasteiger partial charge in [0.15, 0.2) is 0 Å². The predicted molar refractivity (Wildman–Crippen MR) is 100 cm³/mol. The summed E-state index contributed by atoms with van der Waals surface area (Å²) in [6, 6.07) is 11.5. The summed E-state index contributed by atoms with van der Waals surface area (Å²) in [7, 11) is 1.21. The number of nitrogens with zero attached hydrogens (tertiary/aromatic N) is 1. The fourth-order valence-corrected chi connectivity index (χ4v) is 2.89. The van der Waals surface area contributed by atoms with Crippen molar-refractivity contribution in [1.29, 1.82) is 0 Å². The molecule has 2 N–H and O–H groups in total. The molecule has 1 atom stereocenters. The Balaban J connectivity index is 1.75. The van der Waals surface area contributed by atoms with Crippen molar-refractivity contribution in [3.8, 4) is 0 Å². The van der Waals surface area contributed by atoms with Crippen LogP contribution in [0.15, 0.2) is 53.7 Å². The number of benzene rings is 2. The summed E-state index contributed by atoms with van der Waals surface area (Å²) in [6.07, 6.45) is -0.730. The third kappa shape index (κ3) is 4.23. The van der Waals surface area contributed by atoms with Crippen molar-refractivity contribution >= 4 is 29.2 Å². The molecule has 2 aromatic carbocycles. The van der Waals surface area contributed by atoms with Gasteiger partial charge in [-0.05, 0) is 29.8 Å². The van der Waals surface area contributed by atoms with E-state index in [4.69, 9.17) is 4.84 Å². The molecule has 0 saturated heterocycles. The first-order chi connectivity index (χ1) is 13.8. The number of oxime groups is 1. The highest BCUT2D eigenvalue weighted by Gasteiger charge is 2.49. The Hall–Kier alpha value is -3.75. The maximum Gasteiger partial charge on any atom is 0.351 e. The molecule has 1 heterocycles. The fourth-order valence-electron chi connectivity index (χ4n) is 2.89. The number of esters is 1. The summed E-state index contributed by atoms with van der Waals surface area (Å²) >= 11 is 0. The van der Waals surface area contributed by atoms with Crippen LogP contribution in [0.2, 0.25) is 0 Å². The number of anilines is 1. The average Bonchev–Trinajstić information content (AvgIpc) is 3.13. The van der Waals surface area contributed by atoms with Crippen molar-refractivity contribution in [3.05, 3.63) is 65.5 Å². The van der Waals surface area contributed by atoms with Crippen LogP contribution >= 0.6 is 0 Å². The molecule has 3 rings (SSSR count). The molecule has 1 aliphatic heterocycles. The van der Waals surface area contributed by atoms with Crippen molar-refractivity contribution in [2.45, 2.75) is 18.4 Å². The van der Waals surface area contributed by atoms with E-state index in [0.717, 1.165) is 0 Å². The summed E-state index contributed by atoms with van der Waals surface area (Å²) in [4.78, 5) is 41.3. The Labute approximate surface area is 164 Å². The molecule has 0 radical (unpaired) electrons. The van der Waals surface area contributed by atoms with E-state index in [0.29, 0.717) is 5.56 Å². The van der Waals surface area contributed by atoms with Gasteiger partial charge in [-0.25, -0.2) is 14.0 Å². The molecule has 29 heavy (non-hydrogen) atoms. The maximum atomic E-state index is 13.1. The van der Waals surface area contributed by atoms with E-state index in [9.17, 15) is 23.9 Å². The molecule has 0 saturated carbocycles. The number of carbonyl (C=O) groups is 3. The average molecular weight is 400 g/mol. The number of methoxy groups -OCH3 is 1. The van der Waals surface area contributed by atoms with Crippen LogP contribution in [0.4, 0.5) is 10.1 Å². The Morgan fingerprint density at radius 1 is 1.21 bits per heavy atom. The molecule has 9 heteroatoms. The summed E-state index contributed by atoms with van der Waals surface area (Å²) in [5, 5.41) is 16.0. The molecule has 150 valence electrons. The lowest BCUT2D eigenvalue weighted by Crippen LogP contribution is -2.42. The third-order valence-electron chi connectivity index (χ3n) is 4.40. The van der Waals surface area contributed by atoms with E-state index >= 15 is 0 Å². The van der Waals surface area contributed by atoms with Crippen molar-refractivity contribution in [1.82, 2.24) is 0 Å². The second-order valence-electron chi connectivity index (χ2n) is 6.37. The zero-order chi connectivity index (χ0) is 21.0. The van der Waals surface area contributed by atoms with Crippen LogP contribution < -0.4 is 5.32 Å². The van der Waals surface area contributed by atoms with Crippen LogP contribution in [0.3, 0.4) is 0 Å². The zero-order valence-electron chi connectivity index (χ0n) is 15.3. The van der Waals surface area contributed by atoms with Gasteiger partial charge in [0.05, 0.1) is 30.5 Å². The molecule has 8 nitrogen and oxygen atoms in total. The van der Waals surface area contributed by atoms with Gasteiger partial charge in [-0.15, -0.1) is 0 Å². The molecular weight excluding hydrogens is 383 g/mol. The molecule has 0 bridgehead atoms. The molecule has 0 aliphatic carbocycles. The van der Waals surface area contributed by atoms with Crippen LogP contribution in [-0.2, 0) is 19.2 Å². The lowest BCUT2D eigenvalue weighted by atomic mass is 9.90. The molecule has 0 fully saturated rings. The van der Waals surface area contributed by atoms with Crippen LogP contribution in [0.25, 0.3) is 0 Å². The Kier molecular flexibility index (Phi) is 5.58. The van der Waals surface area contributed by atoms with Crippen molar-refractivity contribution in [3.63, 3.8) is 0 Å². The minimum Gasteiger partial charge on any atom is -0.478 e. The highest BCUT2D eigenvalue weighted by Crippen LogP contribution is 2.31. The first-order valence-corrected chi connectivity index (χ1v) is 8.56. The molecule has 1 aliphatic rings. The molecule has 0 spiro atoms. The number of carbonyl (C=O) groups excluding carboxylic acids is 2. The van der Waals surface area contributed by atoms with Crippen molar-refractivity contribution in [2.24, 2.45) is 5.16 Å². The van der Waals surface area contributed by atoms with E-state index < -0.39 is 35.7 Å². The van der Waals surface area contributed by atoms with Crippen LogP contribution in [0.1, 0.15) is 28.8 Å². The number of halogens is 1. The number of nitrogens with one attached hydrogen (secondary N) is 1. The summed E-state index contributed by atoms with van der Waals surface area (Å²) in [6.45, 7) is 0.